The number of carbonyl (C=O) groups is 2. The number of ether oxygens (including phenoxy) is 1. The largest absolute Gasteiger partial charge is 0.426 e. The quantitative estimate of drug-likeness (QED) is 0.448. The Balaban J connectivity index is 1.62. The molecule has 0 aromatic heterocycles. The standard InChI is InChI=1S/C20H21NO5S/c1-15(22)16-7-9-19(10-8-16)27(24,25)21-13-11-17(12-14-21)20(23)26-18-5-3-2-4-6-18/h2-10,17H,11-14H2,1H3. The van der Waals surface area contributed by atoms with E-state index in [4.69, 9.17) is 4.74 Å². The number of carbonyl (C=O) groups excluding carboxylic acids is 2. The van der Waals surface area contributed by atoms with Crippen LogP contribution in [0.5, 0.6) is 5.75 Å². The maximum Gasteiger partial charge on any atom is 0.314 e. The van der Waals surface area contributed by atoms with Crippen molar-refractivity contribution in [2.45, 2.75) is 24.7 Å². The molecule has 0 aliphatic carbocycles. The minimum Gasteiger partial charge on any atom is -0.426 e. The lowest BCUT2D eigenvalue weighted by Gasteiger charge is -2.30. The normalized spacial score (nSPS) is 16.0. The Bertz CT molecular complexity index is 915. The van der Waals surface area contributed by atoms with Crippen LogP contribution in [0.4, 0.5) is 0 Å². The van der Waals surface area contributed by atoms with Gasteiger partial charge in [0, 0.05) is 18.7 Å². The number of benzene rings is 2. The zero-order valence-corrected chi connectivity index (χ0v) is 15.8. The van der Waals surface area contributed by atoms with Crippen LogP contribution < -0.4 is 4.74 Å². The molecule has 1 aliphatic rings. The Hall–Kier alpha value is -2.51. The lowest BCUT2D eigenvalue weighted by molar-refractivity contribution is -0.140. The van der Waals surface area contributed by atoms with Crippen LogP contribution in [-0.2, 0) is 14.8 Å². The molecule has 0 spiro atoms. The van der Waals surface area contributed by atoms with Crippen LogP contribution >= 0.6 is 0 Å². The van der Waals surface area contributed by atoms with Crippen LogP contribution in [0.25, 0.3) is 0 Å². The monoisotopic (exact) mass is 387 g/mol. The van der Waals surface area contributed by atoms with Crippen LogP contribution in [0.3, 0.4) is 0 Å². The molecule has 0 bridgehead atoms. The molecule has 1 saturated heterocycles. The van der Waals surface area contributed by atoms with E-state index in [2.05, 4.69) is 0 Å². The van der Waals surface area contributed by atoms with E-state index in [0.29, 0.717) is 24.2 Å². The highest BCUT2D eigenvalue weighted by Crippen LogP contribution is 2.25. The third-order valence-electron chi connectivity index (χ3n) is 4.65. The first kappa shape index (κ1) is 19.3. The molecule has 2 aromatic rings. The number of hydrogen-bond donors (Lipinski definition) is 0. The van der Waals surface area contributed by atoms with E-state index in [0.717, 1.165) is 0 Å². The Morgan fingerprint density at radius 2 is 1.56 bits per heavy atom. The van der Waals surface area contributed by atoms with Crippen LogP contribution in [0.2, 0.25) is 0 Å². The highest BCUT2D eigenvalue weighted by molar-refractivity contribution is 7.89. The molecule has 1 heterocycles. The highest BCUT2D eigenvalue weighted by Gasteiger charge is 2.33. The minimum atomic E-state index is -3.64. The molecule has 142 valence electrons. The molecule has 0 amide bonds. The topological polar surface area (TPSA) is 80.8 Å². The molecule has 0 unspecified atom stereocenters. The lowest BCUT2D eigenvalue weighted by Crippen LogP contribution is -2.41. The van der Waals surface area contributed by atoms with Crippen molar-refractivity contribution in [2.24, 2.45) is 5.92 Å². The van der Waals surface area contributed by atoms with Crippen molar-refractivity contribution >= 4 is 21.8 Å². The molecule has 0 radical (unpaired) electrons. The van der Waals surface area contributed by atoms with E-state index in [9.17, 15) is 18.0 Å². The third kappa shape index (κ3) is 4.43. The Morgan fingerprint density at radius 3 is 2.11 bits per heavy atom. The van der Waals surface area contributed by atoms with Gasteiger partial charge in [-0.1, -0.05) is 30.3 Å². The molecule has 0 N–H and O–H groups in total. The number of ketones is 1. The average molecular weight is 387 g/mol. The van der Waals surface area contributed by atoms with Crippen molar-refractivity contribution in [2.75, 3.05) is 13.1 Å². The number of piperidine rings is 1. The number of rotatable bonds is 5. The van der Waals surface area contributed by atoms with Gasteiger partial charge < -0.3 is 4.74 Å². The van der Waals surface area contributed by atoms with E-state index >= 15 is 0 Å². The number of nitrogens with zero attached hydrogens (tertiary/aromatic N) is 1. The van der Waals surface area contributed by atoms with E-state index in [1.54, 1.807) is 24.3 Å². The van der Waals surface area contributed by atoms with Gasteiger partial charge in [0.1, 0.15) is 5.75 Å². The van der Waals surface area contributed by atoms with Gasteiger partial charge in [0.05, 0.1) is 10.8 Å². The first-order valence-electron chi connectivity index (χ1n) is 8.76. The third-order valence-corrected chi connectivity index (χ3v) is 6.56. The van der Waals surface area contributed by atoms with E-state index in [1.165, 1.54) is 35.5 Å². The summed E-state index contributed by atoms with van der Waals surface area (Å²) in [6.45, 7) is 1.94. The fourth-order valence-electron chi connectivity index (χ4n) is 3.03. The zero-order chi connectivity index (χ0) is 19.4. The van der Waals surface area contributed by atoms with Gasteiger partial charge in [-0.15, -0.1) is 0 Å². The molecule has 0 atom stereocenters. The summed E-state index contributed by atoms with van der Waals surface area (Å²) < 4.78 is 32.3. The van der Waals surface area contributed by atoms with Crippen LogP contribution in [0, 0.1) is 5.92 Å². The first-order chi connectivity index (χ1) is 12.9. The van der Waals surface area contributed by atoms with Gasteiger partial charge in [-0.05, 0) is 44.0 Å². The Morgan fingerprint density at radius 1 is 0.963 bits per heavy atom. The van der Waals surface area contributed by atoms with Crippen LogP contribution in [-0.4, -0.2) is 37.6 Å². The molecule has 27 heavy (non-hydrogen) atoms. The predicted octanol–water partition coefficient (Wildman–Crippen LogP) is 2.90. The summed E-state index contributed by atoms with van der Waals surface area (Å²) in [5.41, 5.74) is 0.469. The van der Waals surface area contributed by atoms with E-state index in [-0.39, 0.29) is 35.7 Å². The van der Waals surface area contributed by atoms with Crippen molar-refractivity contribution in [1.29, 1.82) is 0 Å². The molecular formula is C20H21NO5S. The maximum absolute atomic E-state index is 12.8. The summed E-state index contributed by atoms with van der Waals surface area (Å²) >= 11 is 0. The minimum absolute atomic E-state index is 0.114. The summed E-state index contributed by atoms with van der Waals surface area (Å²) in [6, 6.07) is 14.8. The highest BCUT2D eigenvalue weighted by atomic mass is 32.2. The summed E-state index contributed by atoms with van der Waals surface area (Å²) in [4.78, 5) is 23.8. The van der Waals surface area contributed by atoms with Crippen molar-refractivity contribution < 1.29 is 22.7 Å². The van der Waals surface area contributed by atoms with Crippen molar-refractivity contribution in [3.8, 4) is 5.75 Å². The Labute approximate surface area is 158 Å². The number of para-hydroxylation sites is 1. The second-order valence-corrected chi connectivity index (χ2v) is 8.43. The Kier molecular flexibility index (Phi) is 5.72. The summed E-state index contributed by atoms with van der Waals surface area (Å²) in [6.07, 6.45) is 0.826. The smallest absolute Gasteiger partial charge is 0.314 e. The predicted molar refractivity (Wildman–Crippen MR) is 100 cm³/mol. The van der Waals surface area contributed by atoms with Gasteiger partial charge in [0.2, 0.25) is 10.0 Å². The molecule has 0 saturated carbocycles. The van der Waals surface area contributed by atoms with Crippen molar-refractivity contribution in [3.63, 3.8) is 0 Å². The van der Waals surface area contributed by atoms with Crippen LogP contribution in [0.15, 0.2) is 59.5 Å². The second-order valence-electron chi connectivity index (χ2n) is 6.49. The molecule has 3 rings (SSSR count). The first-order valence-corrected chi connectivity index (χ1v) is 10.2. The van der Waals surface area contributed by atoms with Crippen molar-refractivity contribution in [1.82, 2.24) is 4.31 Å². The molecule has 2 aromatic carbocycles. The fraction of sp³-hybridized carbons (Fsp3) is 0.300. The summed E-state index contributed by atoms with van der Waals surface area (Å²) in [5, 5.41) is 0. The number of hydrogen-bond acceptors (Lipinski definition) is 5. The van der Waals surface area contributed by atoms with Gasteiger partial charge in [-0.2, -0.15) is 4.31 Å². The van der Waals surface area contributed by atoms with Crippen molar-refractivity contribution in [3.05, 3.63) is 60.2 Å². The van der Waals surface area contributed by atoms with Gasteiger partial charge in [0.15, 0.2) is 5.78 Å². The number of Topliss-reactive ketones (excluding diaryl/α,β-unsaturated/α-hetero) is 1. The second kappa shape index (κ2) is 8.02. The summed E-state index contributed by atoms with van der Waals surface area (Å²) in [7, 11) is -3.64. The molecule has 1 aliphatic heterocycles. The SMILES string of the molecule is CC(=O)c1ccc(S(=O)(=O)N2CCC(C(=O)Oc3ccccc3)CC2)cc1. The van der Waals surface area contributed by atoms with Gasteiger partial charge >= 0.3 is 5.97 Å². The number of esters is 1. The number of sulfonamides is 1. The fourth-order valence-corrected chi connectivity index (χ4v) is 4.50. The molecule has 1 fully saturated rings. The maximum atomic E-state index is 12.8. The van der Waals surface area contributed by atoms with E-state index < -0.39 is 10.0 Å². The van der Waals surface area contributed by atoms with Crippen LogP contribution in [0.1, 0.15) is 30.1 Å². The van der Waals surface area contributed by atoms with Gasteiger partial charge in [0.25, 0.3) is 0 Å². The van der Waals surface area contributed by atoms with Gasteiger partial charge in [-0.25, -0.2) is 8.42 Å². The zero-order valence-electron chi connectivity index (χ0n) is 15.0. The van der Waals surface area contributed by atoms with E-state index in [1.807, 2.05) is 6.07 Å². The average Bonchev–Trinajstić information content (AvgIpc) is 2.69. The lowest BCUT2D eigenvalue weighted by atomic mass is 9.98. The molecular weight excluding hydrogens is 366 g/mol. The van der Waals surface area contributed by atoms with Gasteiger partial charge in [-0.3, -0.25) is 9.59 Å². The molecule has 6 nitrogen and oxygen atoms in total. The summed E-state index contributed by atoms with van der Waals surface area (Å²) in [5.74, 6) is -0.277. The molecule has 7 heteroatoms.